The highest BCUT2D eigenvalue weighted by atomic mass is 19.1. The fourth-order valence-electron chi connectivity index (χ4n) is 6.69. The molecule has 7 rings (SSSR count). The van der Waals surface area contributed by atoms with Gasteiger partial charge in [0.15, 0.2) is 5.82 Å². The highest BCUT2D eigenvalue weighted by Crippen LogP contribution is 2.40. The van der Waals surface area contributed by atoms with E-state index < -0.39 is 11.6 Å². The van der Waals surface area contributed by atoms with E-state index in [1.54, 1.807) is 0 Å². The van der Waals surface area contributed by atoms with Crippen molar-refractivity contribution in [3.63, 3.8) is 0 Å². The quantitative estimate of drug-likeness (QED) is 0.326. The molecule has 2 bridgehead atoms. The van der Waals surface area contributed by atoms with Gasteiger partial charge in [-0.15, -0.1) is 6.42 Å². The Morgan fingerprint density at radius 2 is 1.79 bits per heavy atom. The lowest BCUT2D eigenvalue weighted by Gasteiger charge is -2.34. The molecule has 2 aromatic carbocycles. The average Bonchev–Trinajstić information content (AvgIpc) is 3.64. The zero-order chi connectivity index (χ0) is 29.0. The van der Waals surface area contributed by atoms with Gasteiger partial charge in [0.25, 0.3) is 0 Å². The first kappa shape index (κ1) is 26.4. The van der Waals surface area contributed by atoms with E-state index in [-0.39, 0.29) is 45.4 Å². The number of aromatic nitrogens is 3. The van der Waals surface area contributed by atoms with E-state index in [0.717, 1.165) is 38.5 Å². The summed E-state index contributed by atoms with van der Waals surface area (Å²) in [5.74, 6) is 8.24. The van der Waals surface area contributed by atoms with E-state index in [4.69, 9.17) is 21.1 Å². The molecule has 2 atom stereocenters. The zero-order valence-electron chi connectivity index (χ0n) is 23.2. The number of phenols is 1. The van der Waals surface area contributed by atoms with Gasteiger partial charge in [0.2, 0.25) is 0 Å². The summed E-state index contributed by atoms with van der Waals surface area (Å²) in [7, 11) is 1.44. The maximum Gasteiger partial charge on any atom is 0.318 e. The summed E-state index contributed by atoms with van der Waals surface area (Å²) in [5.41, 5.74) is 0.304. The van der Waals surface area contributed by atoms with Gasteiger partial charge >= 0.3 is 6.01 Å². The molecule has 0 spiro atoms. The summed E-state index contributed by atoms with van der Waals surface area (Å²) in [4.78, 5) is 16.1. The van der Waals surface area contributed by atoms with Gasteiger partial charge in [0.1, 0.15) is 34.3 Å². The Kier molecular flexibility index (Phi) is 6.56. The molecule has 2 unspecified atom stereocenters. The zero-order valence-corrected chi connectivity index (χ0v) is 23.2. The minimum absolute atomic E-state index is 0.00129. The molecule has 2 saturated heterocycles. The summed E-state index contributed by atoms with van der Waals surface area (Å²) < 4.78 is 37.1. The lowest BCUT2D eigenvalue weighted by atomic mass is 9.95. The molecular formula is C33H29F2N5O2. The molecule has 2 N–H and O–H groups in total. The summed E-state index contributed by atoms with van der Waals surface area (Å²) in [6.45, 7) is 1.40. The molecule has 4 aromatic rings. The molecule has 0 amide bonds. The highest BCUT2D eigenvalue weighted by Gasteiger charge is 2.35. The first-order chi connectivity index (χ1) is 20.4. The number of aromatic hydroxyl groups is 1. The Bertz CT molecular complexity index is 1840. The second-order valence-corrected chi connectivity index (χ2v) is 11.3. The van der Waals surface area contributed by atoms with Gasteiger partial charge < -0.3 is 20.1 Å². The van der Waals surface area contributed by atoms with Gasteiger partial charge in [0.05, 0.1) is 18.1 Å². The number of methoxy groups -OCH3 is 1. The minimum atomic E-state index is -0.754. The number of nitrogens with one attached hydrogen (secondary N) is 1. The number of fused-ring (bicyclic) bond motifs is 4. The molecule has 4 heterocycles. The standard InChI is InChI=1S/C33H29F2N5O2/c1-3-23-25(34)12-9-19-14-22(41)15-24(27(19)23)30-29(35)31-28(26(37-30)13-8-18-6-4-5-7-18)32(39-33(38-31)42-2)40-16-20-10-11-21(17-40)36-20/h1,9,12,14-15,18,20-21,36,41H,4-7,10-11,16-17H2,2H3. The predicted octanol–water partition coefficient (Wildman–Crippen LogP) is 5.30. The summed E-state index contributed by atoms with van der Waals surface area (Å²) in [5, 5.41) is 15.4. The van der Waals surface area contributed by atoms with Crippen LogP contribution < -0.4 is 15.0 Å². The lowest BCUT2D eigenvalue weighted by molar-refractivity contribution is 0.380. The van der Waals surface area contributed by atoms with E-state index in [2.05, 4.69) is 33.0 Å². The number of piperazine rings is 1. The third kappa shape index (κ3) is 4.45. The molecule has 7 nitrogen and oxygen atoms in total. The van der Waals surface area contributed by atoms with E-state index >= 15 is 4.39 Å². The van der Waals surface area contributed by atoms with Crippen molar-refractivity contribution >= 4 is 27.5 Å². The predicted molar refractivity (Wildman–Crippen MR) is 157 cm³/mol. The Morgan fingerprint density at radius 1 is 1.02 bits per heavy atom. The topological polar surface area (TPSA) is 83.4 Å². The Balaban J connectivity index is 1.54. The van der Waals surface area contributed by atoms with Crippen molar-refractivity contribution in [2.45, 2.75) is 50.6 Å². The third-order valence-corrected chi connectivity index (χ3v) is 8.65. The van der Waals surface area contributed by atoms with E-state index in [1.807, 2.05) is 0 Å². The average molecular weight is 566 g/mol. The van der Waals surface area contributed by atoms with Crippen molar-refractivity contribution in [1.82, 2.24) is 20.3 Å². The number of halogens is 2. The summed E-state index contributed by atoms with van der Waals surface area (Å²) in [6, 6.07) is 6.17. The van der Waals surface area contributed by atoms with Crippen LogP contribution in [0.5, 0.6) is 11.8 Å². The van der Waals surface area contributed by atoms with Gasteiger partial charge in [-0.25, -0.2) is 13.8 Å². The van der Waals surface area contributed by atoms with Crippen LogP contribution in [0.15, 0.2) is 24.3 Å². The monoisotopic (exact) mass is 565 g/mol. The lowest BCUT2D eigenvalue weighted by Crippen LogP contribution is -2.51. The number of ether oxygens (including phenoxy) is 1. The van der Waals surface area contributed by atoms with Crippen LogP contribution in [0.3, 0.4) is 0 Å². The van der Waals surface area contributed by atoms with Crippen LogP contribution in [0, 0.1) is 41.7 Å². The number of phenolic OH excluding ortho intramolecular Hbond substituents is 1. The van der Waals surface area contributed by atoms with Crippen LogP contribution in [-0.2, 0) is 0 Å². The van der Waals surface area contributed by atoms with Crippen molar-refractivity contribution in [3.05, 3.63) is 47.2 Å². The molecule has 2 aliphatic heterocycles. The van der Waals surface area contributed by atoms with Crippen molar-refractivity contribution in [2.75, 3.05) is 25.1 Å². The second-order valence-electron chi connectivity index (χ2n) is 11.3. The maximum absolute atomic E-state index is 16.8. The van der Waals surface area contributed by atoms with Crippen LogP contribution >= 0.6 is 0 Å². The van der Waals surface area contributed by atoms with Gasteiger partial charge in [-0.3, -0.25) is 0 Å². The Hall–Kier alpha value is -4.47. The molecule has 3 fully saturated rings. The van der Waals surface area contributed by atoms with Gasteiger partial charge in [-0.1, -0.05) is 30.7 Å². The molecule has 9 heteroatoms. The Morgan fingerprint density at radius 3 is 2.50 bits per heavy atom. The first-order valence-corrected chi connectivity index (χ1v) is 14.3. The SMILES string of the molecule is C#Cc1c(F)ccc2cc(O)cc(-c3nc(C#CC4CCCC4)c4c(N5CC6CCC(C5)N6)nc(OC)nc4c3F)c12. The number of hydrogen-bond donors (Lipinski definition) is 2. The molecule has 3 aliphatic rings. The van der Waals surface area contributed by atoms with Crippen molar-refractivity contribution in [3.8, 4) is 47.2 Å². The van der Waals surface area contributed by atoms with E-state index in [1.165, 1.54) is 31.4 Å². The number of anilines is 1. The molecule has 42 heavy (non-hydrogen) atoms. The van der Waals surface area contributed by atoms with Crippen molar-refractivity contribution in [1.29, 1.82) is 0 Å². The summed E-state index contributed by atoms with van der Waals surface area (Å²) >= 11 is 0. The van der Waals surface area contributed by atoms with Gasteiger partial charge in [0, 0.05) is 42.0 Å². The third-order valence-electron chi connectivity index (χ3n) is 8.65. The van der Waals surface area contributed by atoms with E-state index in [0.29, 0.717) is 47.5 Å². The van der Waals surface area contributed by atoms with Gasteiger partial charge in [-0.2, -0.15) is 9.97 Å². The van der Waals surface area contributed by atoms with Crippen LogP contribution in [0.25, 0.3) is 32.9 Å². The molecular weight excluding hydrogens is 536 g/mol. The number of benzene rings is 2. The molecule has 1 saturated carbocycles. The molecule has 1 aliphatic carbocycles. The second kappa shape index (κ2) is 10.4. The fraction of sp³-hybridized carbons (Fsp3) is 0.364. The van der Waals surface area contributed by atoms with Gasteiger partial charge in [-0.05, 0) is 55.2 Å². The minimum Gasteiger partial charge on any atom is -0.508 e. The number of nitrogens with zero attached hydrogens (tertiary/aromatic N) is 4. The number of rotatable bonds is 3. The normalized spacial score (nSPS) is 20.1. The fourth-order valence-corrected chi connectivity index (χ4v) is 6.69. The summed E-state index contributed by atoms with van der Waals surface area (Å²) in [6.07, 6.45) is 12.1. The molecule has 212 valence electrons. The largest absolute Gasteiger partial charge is 0.508 e. The van der Waals surface area contributed by atoms with Crippen molar-refractivity contribution in [2.24, 2.45) is 5.92 Å². The van der Waals surface area contributed by atoms with Crippen molar-refractivity contribution < 1.29 is 18.6 Å². The Labute approximate surface area is 242 Å². The number of terminal acetylenes is 1. The van der Waals surface area contributed by atoms with Crippen LogP contribution in [-0.4, -0.2) is 52.3 Å². The number of pyridine rings is 1. The van der Waals surface area contributed by atoms with Crippen LogP contribution in [0.4, 0.5) is 14.6 Å². The smallest absolute Gasteiger partial charge is 0.318 e. The molecule has 2 aromatic heterocycles. The van der Waals surface area contributed by atoms with Crippen LogP contribution in [0.1, 0.15) is 49.8 Å². The maximum atomic E-state index is 16.8. The highest BCUT2D eigenvalue weighted by molar-refractivity contribution is 6.04. The molecule has 0 radical (unpaired) electrons. The number of hydrogen-bond acceptors (Lipinski definition) is 7. The first-order valence-electron chi connectivity index (χ1n) is 14.3. The van der Waals surface area contributed by atoms with E-state index in [9.17, 15) is 9.50 Å². The van der Waals surface area contributed by atoms with Crippen LogP contribution in [0.2, 0.25) is 0 Å².